The molecule has 0 radical (unpaired) electrons. The van der Waals surface area contributed by atoms with Gasteiger partial charge in [0.2, 0.25) is 0 Å². The van der Waals surface area contributed by atoms with Crippen molar-refractivity contribution in [3.8, 4) is 33.6 Å². The normalized spacial score (nSPS) is 11.9. The smallest absolute Gasteiger partial charge is 0.145 e. The number of aromatic nitrogens is 2. The lowest BCUT2D eigenvalue weighted by Crippen LogP contribution is -1.97. The van der Waals surface area contributed by atoms with Crippen molar-refractivity contribution in [3.05, 3.63) is 182 Å². The minimum absolute atomic E-state index is 0.903. The van der Waals surface area contributed by atoms with Crippen molar-refractivity contribution in [2.45, 2.75) is 0 Å². The highest BCUT2D eigenvalue weighted by Gasteiger charge is 2.22. The van der Waals surface area contributed by atoms with Gasteiger partial charge in [-0.15, -0.1) is 0 Å². The first kappa shape index (κ1) is 28.0. The molecule has 0 fully saturated rings. The molecule has 0 aliphatic rings. The molecule has 0 aliphatic carbocycles. The predicted octanol–water partition coefficient (Wildman–Crippen LogP) is 13.1. The third-order valence-electron chi connectivity index (χ3n) is 10.5. The van der Waals surface area contributed by atoms with E-state index in [-0.39, 0.29) is 0 Å². The summed E-state index contributed by atoms with van der Waals surface area (Å²) in [7, 11) is 0. The highest BCUT2D eigenvalue weighted by atomic mass is 16.3. The first-order valence-corrected chi connectivity index (χ1v) is 17.4. The molecule has 3 aromatic heterocycles. The standard InChI is InChI=1S/C48H30N2O/c1-4-14-31(15-5-1)33-26-34(32-16-6-2-7-17-32)28-36(27-33)50-43-25-24-39-38-21-11-13-23-46(38)51-48(39)47(43)41-29-40-37-20-10-12-22-42(37)49(44(40)30-45(41)50)35-18-8-3-9-19-35/h1-30H. The monoisotopic (exact) mass is 650 g/mol. The van der Waals surface area contributed by atoms with Crippen LogP contribution in [-0.2, 0) is 0 Å². The number of rotatable bonds is 4. The fraction of sp³-hybridized carbons (Fsp3) is 0. The van der Waals surface area contributed by atoms with E-state index in [1.807, 2.05) is 6.07 Å². The van der Waals surface area contributed by atoms with E-state index in [0.29, 0.717) is 0 Å². The first-order chi connectivity index (χ1) is 25.3. The van der Waals surface area contributed by atoms with E-state index in [2.05, 4.69) is 185 Å². The Bertz CT molecular complexity index is 3050. The van der Waals surface area contributed by atoms with Gasteiger partial charge in [-0.1, -0.05) is 115 Å². The van der Waals surface area contributed by atoms with Crippen LogP contribution in [0.2, 0.25) is 0 Å². The molecule has 0 amide bonds. The van der Waals surface area contributed by atoms with E-state index < -0.39 is 0 Å². The molecule has 0 bridgehead atoms. The van der Waals surface area contributed by atoms with Crippen LogP contribution >= 0.6 is 0 Å². The number of furan rings is 1. The topological polar surface area (TPSA) is 23.0 Å². The second kappa shape index (κ2) is 10.8. The molecule has 0 saturated carbocycles. The zero-order chi connectivity index (χ0) is 33.5. The van der Waals surface area contributed by atoms with E-state index >= 15 is 0 Å². The van der Waals surface area contributed by atoms with Crippen LogP contribution in [0.4, 0.5) is 0 Å². The van der Waals surface area contributed by atoms with Crippen LogP contribution in [0.3, 0.4) is 0 Å². The number of para-hydroxylation sites is 3. The van der Waals surface area contributed by atoms with E-state index in [0.717, 1.165) is 49.7 Å². The van der Waals surface area contributed by atoms with Gasteiger partial charge in [-0.2, -0.15) is 0 Å². The average molecular weight is 651 g/mol. The molecule has 11 rings (SSSR count). The van der Waals surface area contributed by atoms with Crippen molar-refractivity contribution < 1.29 is 4.42 Å². The second-order valence-corrected chi connectivity index (χ2v) is 13.3. The highest BCUT2D eigenvalue weighted by Crippen LogP contribution is 2.44. The summed E-state index contributed by atoms with van der Waals surface area (Å²) < 4.78 is 11.6. The van der Waals surface area contributed by atoms with Gasteiger partial charge in [-0.05, 0) is 89.0 Å². The third-order valence-corrected chi connectivity index (χ3v) is 10.5. The van der Waals surface area contributed by atoms with Gasteiger partial charge in [0.05, 0.1) is 27.5 Å². The number of benzene rings is 8. The summed E-state index contributed by atoms with van der Waals surface area (Å²) in [5, 5.41) is 7.01. The molecule has 238 valence electrons. The Morgan fingerprint density at radius 2 is 0.902 bits per heavy atom. The van der Waals surface area contributed by atoms with E-state index in [9.17, 15) is 0 Å². The summed E-state index contributed by atoms with van der Waals surface area (Å²) in [6.07, 6.45) is 0. The fourth-order valence-electron chi connectivity index (χ4n) is 8.21. The van der Waals surface area contributed by atoms with Gasteiger partial charge in [0.1, 0.15) is 11.2 Å². The minimum Gasteiger partial charge on any atom is -0.455 e. The van der Waals surface area contributed by atoms with Gasteiger partial charge in [0.25, 0.3) is 0 Å². The molecule has 51 heavy (non-hydrogen) atoms. The van der Waals surface area contributed by atoms with E-state index in [1.165, 1.54) is 49.4 Å². The van der Waals surface area contributed by atoms with Crippen LogP contribution in [0.5, 0.6) is 0 Å². The summed E-state index contributed by atoms with van der Waals surface area (Å²) >= 11 is 0. The Labute approximate surface area is 293 Å². The fourth-order valence-corrected chi connectivity index (χ4v) is 8.21. The van der Waals surface area contributed by atoms with Crippen LogP contribution in [0.15, 0.2) is 186 Å². The zero-order valence-electron chi connectivity index (χ0n) is 27.6. The molecule has 0 N–H and O–H groups in total. The number of hydrogen-bond acceptors (Lipinski definition) is 1. The van der Waals surface area contributed by atoms with Crippen LogP contribution in [-0.4, -0.2) is 9.13 Å². The molecule has 0 saturated heterocycles. The van der Waals surface area contributed by atoms with Crippen molar-refractivity contribution in [1.29, 1.82) is 0 Å². The molecule has 3 heterocycles. The average Bonchev–Trinajstić information content (AvgIpc) is 3.85. The van der Waals surface area contributed by atoms with Crippen molar-refractivity contribution in [2.75, 3.05) is 0 Å². The second-order valence-electron chi connectivity index (χ2n) is 13.3. The molecule has 8 aromatic carbocycles. The highest BCUT2D eigenvalue weighted by molar-refractivity contribution is 6.26. The number of fused-ring (bicyclic) bond motifs is 10. The summed E-state index contributed by atoms with van der Waals surface area (Å²) in [5.74, 6) is 0. The van der Waals surface area contributed by atoms with Crippen LogP contribution in [0, 0.1) is 0 Å². The Kier molecular flexibility index (Phi) is 5.96. The summed E-state index contributed by atoms with van der Waals surface area (Å²) in [4.78, 5) is 0. The molecule has 0 unspecified atom stereocenters. The van der Waals surface area contributed by atoms with E-state index in [4.69, 9.17) is 4.42 Å². The molecule has 0 spiro atoms. The molecule has 11 aromatic rings. The van der Waals surface area contributed by atoms with Crippen molar-refractivity contribution in [3.63, 3.8) is 0 Å². The quantitative estimate of drug-likeness (QED) is 0.186. The lowest BCUT2D eigenvalue weighted by molar-refractivity contribution is 0.673. The summed E-state index contributed by atoms with van der Waals surface area (Å²) in [6.45, 7) is 0. The van der Waals surface area contributed by atoms with Gasteiger partial charge in [-0.3, -0.25) is 0 Å². The maximum Gasteiger partial charge on any atom is 0.145 e. The molecule has 3 nitrogen and oxygen atoms in total. The first-order valence-electron chi connectivity index (χ1n) is 17.4. The number of hydrogen-bond donors (Lipinski definition) is 0. The summed E-state index contributed by atoms with van der Waals surface area (Å²) in [5.41, 5.74) is 13.4. The lowest BCUT2D eigenvalue weighted by Gasteiger charge is -2.14. The van der Waals surface area contributed by atoms with Crippen LogP contribution < -0.4 is 0 Å². The SMILES string of the molecule is c1ccc(-c2cc(-c3ccccc3)cc(-n3c4cc5c(cc4c4c6oc7ccccc7c6ccc43)c3ccccc3n5-c3ccccc3)c2)cc1. The minimum atomic E-state index is 0.903. The molecule has 3 heteroatoms. The largest absolute Gasteiger partial charge is 0.455 e. The molecule has 0 aliphatic heterocycles. The maximum atomic E-state index is 6.76. The predicted molar refractivity (Wildman–Crippen MR) is 213 cm³/mol. The molecular weight excluding hydrogens is 621 g/mol. The summed E-state index contributed by atoms with van der Waals surface area (Å²) in [6, 6.07) is 65.5. The van der Waals surface area contributed by atoms with Gasteiger partial charge in [-0.25, -0.2) is 0 Å². The van der Waals surface area contributed by atoms with Gasteiger partial charge in [0.15, 0.2) is 0 Å². The van der Waals surface area contributed by atoms with Crippen LogP contribution in [0.25, 0.3) is 99.2 Å². The van der Waals surface area contributed by atoms with Gasteiger partial charge in [0, 0.05) is 38.3 Å². The Balaban J connectivity index is 1.33. The van der Waals surface area contributed by atoms with Crippen molar-refractivity contribution in [2.24, 2.45) is 0 Å². The van der Waals surface area contributed by atoms with E-state index in [1.54, 1.807) is 0 Å². The maximum absolute atomic E-state index is 6.76. The third kappa shape index (κ3) is 4.19. The van der Waals surface area contributed by atoms with Crippen LogP contribution in [0.1, 0.15) is 0 Å². The Morgan fingerprint density at radius 1 is 0.314 bits per heavy atom. The molecular formula is C48H30N2O. The van der Waals surface area contributed by atoms with Gasteiger partial charge >= 0.3 is 0 Å². The molecule has 0 atom stereocenters. The zero-order valence-corrected chi connectivity index (χ0v) is 27.6. The number of nitrogens with zero attached hydrogens (tertiary/aromatic N) is 2. The Hall–Kier alpha value is -6.84. The lowest BCUT2D eigenvalue weighted by atomic mass is 9.98. The van der Waals surface area contributed by atoms with Gasteiger partial charge < -0.3 is 13.6 Å². The Morgan fingerprint density at radius 3 is 1.63 bits per heavy atom. The van der Waals surface area contributed by atoms with Crippen molar-refractivity contribution >= 4 is 65.6 Å². The van der Waals surface area contributed by atoms with Crippen molar-refractivity contribution in [1.82, 2.24) is 9.13 Å².